The van der Waals surface area contributed by atoms with Gasteiger partial charge in [0.1, 0.15) is 5.82 Å². The highest BCUT2D eigenvalue weighted by atomic mass is 19.2. The highest BCUT2D eigenvalue weighted by Crippen LogP contribution is 2.22. The van der Waals surface area contributed by atoms with Crippen LogP contribution in [0, 0.1) is 11.6 Å². The van der Waals surface area contributed by atoms with E-state index in [2.05, 4.69) is 4.98 Å². The molecule has 3 aromatic rings. The zero-order valence-electron chi connectivity index (χ0n) is 13.0. The molecule has 1 atom stereocenters. The van der Waals surface area contributed by atoms with Gasteiger partial charge in [-0.25, -0.2) is 13.8 Å². The van der Waals surface area contributed by atoms with Gasteiger partial charge in [-0.2, -0.15) is 0 Å². The van der Waals surface area contributed by atoms with Crippen LogP contribution >= 0.6 is 0 Å². The molecule has 2 aromatic carbocycles. The van der Waals surface area contributed by atoms with Gasteiger partial charge in [0, 0.05) is 31.1 Å². The number of imidazole rings is 1. The topological polar surface area (TPSA) is 43.8 Å². The summed E-state index contributed by atoms with van der Waals surface area (Å²) >= 11 is 0. The highest BCUT2D eigenvalue weighted by Gasteiger charge is 2.16. The van der Waals surface area contributed by atoms with Gasteiger partial charge in [-0.1, -0.05) is 37.3 Å². The van der Waals surface area contributed by atoms with E-state index >= 15 is 0 Å². The zero-order valence-corrected chi connectivity index (χ0v) is 13.0. The van der Waals surface area contributed by atoms with Crippen LogP contribution in [0.2, 0.25) is 0 Å². The first-order valence-electron chi connectivity index (χ1n) is 7.72. The first-order valence-corrected chi connectivity index (χ1v) is 7.72. The first-order chi connectivity index (χ1) is 11.1. The van der Waals surface area contributed by atoms with Crippen molar-refractivity contribution in [2.24, 2.45) is 5.73 Å². The summed E-state index contributed by atoms with van der Waals surface area (Å²) in [7, 11) is 0. The minimum atomic E-state index is -0.881. The minimum Gasteiger partial charge on any atom is -0.326 e. The molecule has 0 radical (unpaired) electrons. The Hall–Kier alpha value is -2.27. The molecule has 5 heteroatoms. The number of nitrogens with zero attached hydrogens (tertiary/aromatic N) is 2. The summed E-state index contributed by atoms with van der Waals surface area (Å²) in [6.45, 7) is 2.53. The van der Waals surface area contributed by atoms with Crippen molar-refractivity contribution >= 4 is 11.0 Å². The molecule has 0 spiro atoms. The third-order valence-electron chi connectivity index (χ3n) is 4.02. The Labute approximate surface area is 133 Å². The zero-order chi connectivity index (χ0) is 16.4. The van der Waals surface area contributed by atoms with Crippen molar-refractivity contribution in [3.8, 4) is 0 Å². The van der Waals surface area contributed by atoms with Crippen LogP contribution in [-0.4, -0.2) is 15.6 Å². The Bertz CT molecular complexity index is 812. The number of aromatic nitrogens is 2. The lowest BCUT2D eigenvalue weighted by atomic mass is 10.1. The molecule has 0 saturated heterocycles. The van der Waals surface area contributed by atoms with Gasteiger partial charge in [-0.3, -0.25) is 0 Å². The van der Waals surface area contributed by atoms with Crippen molar-refractivity contribution in [2.75, 3.05) is 0 Å². The molecule has 0 aliphatic carbocycles. The Kier molecular flexibility index (Phi) is 4.39. The fourth-order valence-corrected chi connectivity index (χ4v) is 2.65. The average Bonchev–Trinajstić information content (AvgIpc) is 2.85. The SMILES string of the molecule is CCC(N)Cn1c(Cc2ccccc2)nc2cc(F)c(F)cc21. The van der Waals surface area contributed by atoms with Crippen LogP contribution in [0.15, 0.2) is 42.5 Å². The molecular weight excluding hydrogens is 296 g/mol. The third kappa shape index (κ3) is 3.24. The molecule has 2 N–H and O–H groups in total. The van der Waals surface area contributed by atoms with E-state index in [9.17, 15) is 8.78 Å². The minimum absolute atomic E-state index is 0.0602. The molecule has 1 unspecified atom stereocenters. The van der Waals surface area contributed by atoms with Crippen LogP contribution in [0.4, 0.5) is 8.78 Å². The normalized spacial score (nSPS) is 12.7. The van der Waals surface area contributed by atoms with Gasteiger partial charge in [-0.15, -0.1) is 0 Å². The van der Waals surface area contributed by atoms with E-state index in [1.807, 2.05) is 41.8 Å². The van der Waals surface area contributed by atoms with Crippen LogP contribution in [0.5, 0.6) is 0 Å². The monoisotopic (exact) mass is 315 g/mol. The summed E-state index contributed by atoms with van der Waals surface area (Å²) in [6.07, 6.45) is 1.39. The lowest BCUT2D eigenvalue weighted by Gasteiger charge is -2.14. The fraction of sp³-hybridized carbons (Fsp3) is 0.278. The van der Waals surface area contributed by atoms with Crippen molar-refractivity contribution in [3.05, 3.63) is 65.5 Å². The largest absolute Gasteiger partial charge is 0.326 e. The molecule has 1 heterocycles. The van der Waals surface area contributed by atoms with Gasteiger partial charge in [0.15, 0.2) is 11.6 Å². The van der Waals surface area contributed by atoms with Crippen molar-refractivity contribution in [2.45, 2.75) is 32.4 Å². The maximum Gasteiger partial charge on any atom is 0.161 e. The quantitative estimate of drug-likeness (QED) is 0.781. The van der Waals surface area contributed by atoms with Crippen LogP contribution in [0.3, 0.4) is 0 Å². The molecule has 120 valence electrons. The Morgan fingerprint density at radius 2 is 1.83 bits per heavy atom. The number of hydrogen-bond donors (Lipinski definition) is 1. The van der Waals surface area contributed by atoms with Crippen molar-refractivity contribution in [1.29, 1.82) is 0 Å². The fourth-order valence-electron chi connectivity index (χ4n) is 2.65. The number of hydrogen-bond acceptors (Lipinski definition) is 2. The Balaban J connectivity index is 2.09. The highest BCUT2D eigenvalue weighted by molar-refractivity contribution is 5.76. The molecule has 0 bridgehead atoms. The van der Waals surface area contributed by atoms with Crippen molar-refractivity contribution in [3.63, 3.8) is 0 Å². The van der Waals surface area contributed by atoms with E-state index in [4.69, 9.17) is 5.73 Å². The van der Waals surface area contributed by atoms with E-state index in [1.54, 1.807) is 0 Å². The third-order valence-corrected chi connectivity index (χ3v) is 4.02. The van der Waals surface area contributed by atoms with Crippen LogP contribution < -0.4 is 5.73 Å². The van der Waals surface area contributed by atoms with E-state index in [-0.39, 0.29) is 6.04 Å². The van der Waals surface area contributed by atoms with Gasteiger partial charge in [0.25, 0.3) is 0 Å². The van der Waals surface area contributed by atoms with Crippen LogP contribution in [0.1, 0.15) is 24.7 Å². The second kappa shape index (κ2) is 6.46. The summed E-state index contributed by atoms with van der Waals surface area (Å²) in [5.74, 6) is -0.983. The number of nitrogens with two attached hydrogens (primary N) is 1. The first kappa shape index (κ1) is 15.6. The molecule has 1 aromatic heterocycles. The van der Waals surface area contributed by atoms with E-state index in [1.165, 1.54) is 6.07 Å². The van der Waals surface area contributed by atoms with E-state index in [0.717, 1.165) is 23.9 Å². The van der Waals surface area contributed by atoms with E-state index < -0.39 is 11.6 Å². The smallest absolute Gasteiger partial charge is 0.161 e. The molecule has 3 nitrogen and oxygen atoms in total. The summed E-state index contributed by atoms with van der Waals surface area (Å²) in [6, 6.07) is 12.2. The molecular formula is C18H19F2N3. The van der Waals surface area contributed by atoms with Gasteiger partial charge in [0.2, 0.25) is 0 Å². The Morgan fingerprint density at radius 3 is 2.52 bits per heavy atom. The second-order valence-corrected chi connectivity index (χ2v) is 5.72. The number of fused-ring (bicyclic) bond motifs is 1. The number of halogens is 2. The standard InChI is InChI=1S/C18H19F2N3/c1-2-13(21)11-23-17-10-15(20)14(19)9-16(17)22-18(23)8-12-6-4-3-5-7-12/h3-7,9-10,13H,2,8,11,21H2,1H3. The van der Waals surface area contributed by atoms with Gasteiger partial charge >= 0.3 is 0 Å². The molecule has 0 amide bonds. The maximum absolute atomic E-state index is 13.6. The van der Waals surface area contributed by atoms with Crippen molar-refractivity contribution in [1.82, 2.24) is 9.55 Å². The summed E-state index contributed by atoms with van der Waals surface area (Å²) in [4.78, 5) is 4.50. The van der Waals surface area contributed by atoms with Crippen LogP contribution in [0.25, 0.3) is 11.0 Å². The van der Waals surface area contributed by atoms with Gasteiger partial charge in [0.05, 0.1) is 11.0 Å². The molecule has 0 fully saturated rings. The Morgan fingerprint density at radius 1 is 1.13 bits per heavy atom. The number of rotatable bonds is 5. The van der Waals surface area contributed by atoms with Crippen molar-refractivity contribution < 1.29 is 8.78 Å². The lowest BCUT2D eigenvalue weighted by Crippen LogP contribution is -2.26. The van der Waals surface area contributed by atoms with Crippen LogP contribution in [-0.2, 0) is 13.0 Å². The van der Waals surface area contributed by atoms with E-state index in [0.29, 0.717) is 24.0 Å². The summed E-state index contributed by atoms with van der Waals surface area (Å²) < 4.78 is 29.0. The predicted molar refractivity (Wildman–Crippen MR) is 87.2 cm³/mol. The second-order valence-electron chi connectivity index (χ2n) is 5.72. The molecule has 0 aliphatic heterocycles. The number of benzene rings is 2. The molecule has 0 aliphatic rings. The average molecular weight is 315 g/mol. The lowest BCUT2D eigenvalue weighted by molar-refractivity contribution is 0.508. The van der Waals surface area contributed by atoms with Gasteiger partial charge < -0.3 is 10.3 Å². The molecule has 0 saturated carbocycles. The molecule has 3 rings (SSSR count). The maximum atomic E-state index is 13.6. The van der Waals surface area contributed by atoms with Gasteiger partial charge in [-0.05, 0) is 12.0 Å². The summed E-state index contributed by atoms with van der Waals surface area (Å²) in [5, 5.41) is 0. The predicted octanol–water partition coefficient (Wildman–Crippen LogP) is 3.64. The molecule has 23 heavy (non-hydrogen) atoms. The summed E-state index contributed by atoms with van der Waals surface area (Å²) in [5.41, 5.74) is 8.20.